The van der Waals surface area contributed by atoms with Gasteiger partial charge in [0.1, 0.15) is 11.7 Å². The number of halogens is 2. The number of aliphatic hydroxyl groups excluding tert-OH is 1. The number of cyclic esters (lactones) is 1. The molecule has 3 atom stereocenters. The summed E-state index contributed by atoms with van der Waals surface area (Å²) in [5.41, 5.74) is 0.369. The molecule has 1 heterocycles. The minimum absolute atomic E-state index is 0.0292. The van der Waals surface area contributed by atoms with Crippen molar-refractivity contribution in [1.82, 2.24) is 0 Å². The number of rotatable bonds is 2. The van der Waals surface area contributed by atoms with E-state index in [2.05, 4.69) is 22.6 Å². The second-order valence-corrected chi connectivity index (χ2v) is 6.97. The summed E-state index contributed by atoms with van der Waals surface area (Å²) in [7, 11) is 0. The lowest BCUT2D eigenvalue weighted by molar-refractivity contribution is 0.00678. The number of carbonyl (C=O) groups excluding carboxylic acids is 1. The van der Waals surface area contributed by atoms with E-state index < -0.39 is 29.7 Å². The van der Waals surface area contributed by atoms with Crippen molar-refractivity contribution < 1.29 is 24.1 Å². The highest BCUT2D eigenvalue weighted by Gasteiger charge is 2.26. The number of phenols is 1. The van der Waals surface area contributed by atoms with Crippen molar-refractivity contribution in [2.45, 2.75) is 44.8 Å². The number of allylic oxidation sites excluding steroid dienone is 2. The molecule has 0 saturated heterocycles. The second kappa shape index (κ2) is 9.33. The molecule has 0 aromatic heterocycles. The van der Waals surface area contributed by atoms with E-state index in [1.807, 2.05) is 29.2 Å². The van der Waals surface area contributed by atoms with Gasteiger partial charge in [0.25, 0.3) is 0 Å². The lowest BCUT2D eigenvalue weighted by Gasteiger charge is -2.24. The number of hydrogen-bond acceptors (Lipinski definition) is 4. The van der Waals surface area contributed by atoms with Gasteiger partial charge in [-0.1, -0.05) is 53.8 Å². The Labute approximate surface area is 160 Å². The summed E-state index contributed by atoms with van der Waals surface area (Å²) in [6.07, 6.45) is 6.25. The largest absolute Gasteiger partial charge is 0.504 e. The van der Waals surface area contributed by atoms with Crippen LogP contribution in [0.15, 0.2) is 34.4 Å². The number of aliphatic hydroxyl groups is 1. The minimum Gasteiger partial charge on any atom is -0.504 e. The summed E-state index contributed by atoms with van der Waals surface area (Å²) in [6.45, 7) is 1.95. The Bertz CT molecular complexity index is 672. The Morgan fingerprint density at radius 1 is 1.40 bits per heavy atom. The fourth-order valence-corrected chi connectivity index (χ4v) is 3.08. The monoisotopic (exact) mass is 460 g/mol. The molecule has 1 aromatic carbocycles. The van der Waals surface area contributed by atoms with E-state index in [4.69, 9.17) is 4.74 Å². The number of fused-ring (bicyclic) bond motifs is 1. The molecule has 0 unspecified atom stereocenters. The van der Waals surface area contributed by atoms with Crippen molar-refractivity contribution in [3.63, 3.8) is 0 Å². The molecule has 0 saturated carbocycles. The highest BCUT2D eigenvalue weighted by Crippen LogP contribution is 2.28. The SMILES string of the molecule is C[C@H]1C/C=C/Cc2ccc(F)c(O)c2C(=O)O[C@@H](C/C=C/I)C[C@H]1O. The lowest BCUT2D eigenvalue weighted by Crippen LogP contribution is -2.28. The van der Waals surface area contributed by atoms with Gasteiger partial charge in [-0.25, -0.2) is 9.18 Å². The topological polar surface area (TPSA) is 66.8 Å². The van der Waals surface area contributed by atoms with Crippen molar-refractivity contribution in [1.29, 1.82) is 0 Å². The van der Waals surface area contributed by atoms with Gasteiger partial charge in [0, 0.05) is 12.8 Å². The fourth-order valence-electron chi connectivity index (χ4n) is 2.79. The van der Waals surface area contributed by atoms with E-state index in [-0.39, 0.29) is 17.9 Å². The van der Waals surface area contributed by atoms with E-state index >= 15 is 0 Å². The van der Waals surface area contributed by atoms with Gasteiger partial charge in [-0.3, -0.25) is 0 Å². The normalized spacial score (nSPS) is 26.4. The number of ether oxygens (including phenoxy) is 1. The number of aromatic hydroxyl groups is 1. The standard InChI is InChI=1S/C19H22FIO4/c1-12-5-2-3-6-13-8-9-15(20)18(23)17(13)19(24)25-14(7-4-10-21)11-16(12)22/h2-4,8-10,12,14,16,22-23H,5-7,11H2,1H3/b3-2+,10-4+/t12-,14-,16+/m0/s1. The third kappa shape index (κ3) is 5.28. The third-order valence-corrected chi connectivity index (χ3v) is 4.86. The number of phenolic OH excluding ortho intramolecular Hbond substituents is 1. The van der Waals surface area contributed by atoms with Crippen LogP contribution in [-0.2, 0) is 11.2 Å². The summed E-state index contributed by atoms with van der Waals surface area (Å²) in [4.78, 5) is 12.6. The van der Waals surface area contributed by atoms with Crippen molar-refractivity contribution in [2.24, 2.45) is 5.92 Å². The fraction of sp³-hybridized carbons (Fsp3) is 0.421. The predicted octanol–water partition coefficient (Wildman–Crippen LogP) is 4.29. The molecule has 1 aromatic rings. The van der Waals surface area contributed by atoms with Crippen LogP contribution in [0, 0.1) is 11.7 Å². The average molecular weight is 460 g/mol. The van der Waals surface area contributed by atoms with E-state index in [0.29, 0.717) is 24.8 Å². The molecule has 25 heavy (non-hydrogen) atoms. The summed E-state index contributed by atoms with van der Waals surface area (Å²) in [5.74, 6) is -2.29. The number of hydrogen-bond donors (Lipinski definition) is 2. The van der Waals surface area contributed by atoms with Gasteiger partial charge in [0.15, 0.2) is 11.6 Å². The first-order chi connectivity index (χ1) is 11.9. The maximum Gasteiger partial charge on any atom is 0.342 e. The zero-order valence-electron chi connectivity index (χ0n) is 14.0. The molecular weight excluding hydrogens is 438 g/mol. The van der Waals surface area contributed by atoms with Gasteiger partial charge in [0.05, 0.1) is 6.10 Å². The molecule has 0 bridgehead atoms. The molecule has 0 fully saturated rings. The number of esters is 1. The van der Waals surface area contributed by atoms with E-state index in [9.17, 15) is 19.4 Å². The first kappa shape index (κ1) is 19.9. The van der Waals surface area contributed by atoms with Crippen molar-refractivity contribution in [3.05, 3.63) is 51.4 Å². The Morgan fingerprint density at radius 2 is 2.16 bits per heavy atom. The van der Waals surface area contributed by atoms with Crippen LogP contribution in [0.3, 0.4) is 0 Å². The Balaban J connectivity index is 2.40. The highest BCUT2D eigenvalue weighted by molar-refractivity contribution is 14.1. The van der Waals surface area contributed by atoms with Crippen LogP contribution in [0.2, 0.25) is 0 Å². The molecule has 0 aliphatic carbocycles. The highest BCUT2D eigenvalue weighted by atomic mass is 127. The van der Waals surface area contributed by atoms with Gasteiger partial charge < -0.3 is 14.9 Å². The summed E-state index contributed by atoms with van der Waals surface area (Å²) < 4.78 is 21.0. The van der Waals surface area contributed by atoms with Gasteiger partial charge in [-0.05, 0) is 34.5 Å². The van der Waals surface area contributed by atoms with Crippen LogP contribution in [0.1, 0.15) is 42.1 Å². The first-order valence-corrected chi connectivity index (χ1v) is 9.48. The molecule has 1 aliphatic heterocycles. The zero-order valence-corrected chi connectivity index (χ0v) is 16.1. The van der Waals surface area contributed by atoms with Crippen molar-refractivity contribution in [2.75, 3.05) is 0 Å². The van der Waals surface area contributed by atoms with Crippen LogP contribution in [0.25, 0.3) is 0 Å². The molecule has 1 aliphatic rings. The molecule has 0 spiro atoms. The van der Waals surface area contributed by atoms with Crippen molar-refractivity contribution >= 4 is 28.6 Å². The van der Waals surface area contributed by atoms with Gasteiger partial charge in [-0.2, -0.15) is 0 Å². The second-order valence-electron chi connectivity index (χ2n) is 6.25. The number of carbonyl (C=O) groups is 1. The van der Waals surface area contributed by atoms with E-state index in [1.54, 1.807) is 0 Å². The van der Waals surface area contributed by atoms with E-state index in [1.165, 1.54) is 6.07 Å². The van der Waals surface area contributed by atoms with Gasteiger partial charge in [0.2, 0.25) is 0 Å². The van der Waals surface area contributed by atoms with Crippen molar-refractivity contribution in [3.8, 4) is 5.75 Å². The zero-order chi connectivity index (χ0) is 18.4. The summed E-state index contributed by atoms with van der Waals surface area (Å²) in [6, 6.07) is 2.63. The lowest BCUT2D eigenvalue weighted by atomic mass is 9.93. The molecule has 6 heteroatoms. The molecule has 4 nitrogen and oxygen atoms in total. The van der Waals surface area contributed by atoms with Gasteiger partial charge in [-0.15, -0.1) is 0 Å². The Morgan fingerprint density at radius 3 is 2.88 bits per heavy atom. The Kier molecular flexibility index (Phi) is 7.43. The van der Waals surface area contributed by atoms with E-state index in [0.717, 1.165) is 6.07 Å². The average Bonchev–Trinajstić information content (AvgIpc) is 2.58. The molecule has 0 radical (unpaired) electrons. The molecule has 2 N–H and O–H groups in total. The predicted molar refractivity (Wildman–Crippen MR) is 102 cm³/mol. The van der Waals surface area contributed by atoms with Crippen LogP contribution >= 0.6 is 22.6 Å². The molecule has 0 amide bonds. The first-order valence-electron chi connectivity index (χ1n) is 8.23. The summed E-state index contributed by atoms with van der Waals surface area (Å²) in [5, 5.41) is 20.4. The quantitative estimate of drug-likeness (QED) is 0.393. The molecule has 136 valence electrons. The summed E-state index contributed by atoms with van der Waals surface area (Å²) >= 11 is 2.07. The number of benzene rings is 1. The molecule has 2 rings (SSSR count). The van der Waals surface area contributed by atoms with Crippen LogP contribution in [0.5, 0.6) is 5.75 Å². The third-order valence-electron chi connectivity index (χ3n) is 4.35. The maximum absolute atomic E-state index is 13.7. The van der Waals surface area contributed by atoms with Crippen LogP contribution in [-0.4, -0.2) is 28.4 Å². The maximum atomic E-state index is 13.7. The minimum atomic E-state index is -0.857. The smallest absolute Gasteiger partial charge is 0.342 e. The van der Waals surface area contributed by atoms with Crippen LogP contribution < -0.4 is 0 Å². The van der Waals surface area contributed by atoms with Crippen LogP contribution in [0.4, 0.5) is 4.39 Å². The van der Waals surface area contributed by atoms with Gasteiger partial charge >= 0.3 is 5.97 Å². The molecular formula is C19H22FIO4. The Hall–Kier alpha value is -1.41.